The van der Waals surface area contributed by atoms with Gasteiger partial charge in [0.15, 0.2) is 0 Å². The maximum Gasteiger partial charge on any atom is 0.318 e. The van der Waals surface area contributed by atoms with Gasteiger partial charge in [-0.1, -0.05) is 141 Å². The SMILES string of the molecule is CC(CC(C(=O)NCc1ccc(/C=C/c2ccncc2)cc1)C(C(=O)O)C(CC1C(=O)OC(=O)C1C(CC1C(=O)OC(=O)C1C)c1ccccc1)c1ccccc1)c1ccccc1. The maximum absolute atomic E-state index is 14.7. The van der Waals surface area contributed by atoms with Crippen molar-refractivity contribution < 1.29 is 43.3 Å². The third kappa shape index (κ3) is 10.5. The van der Waals surface area contributed by atoms with E-state index in [9.17, 15) is 33.9 Å². The number of carboxylic acids is 1. The van der Waals surface area contributed by atoms with Crippen LogP contribution in [-0.4, -0.2) is 45.8 Å². The molecule has 11 nitrogen and oxygen atoms in total. The molecule has 1 amide bonds. The van der Waals surface area contributed by atoms with Gasteiger partial charge in [-0.05, 0) is 82.5 Å². The molecule has 1 aromatic heterocycles. The van der Waals surface area contributed by atoms with Crippen molar-refractivity contribution in [3.05, 3.63) is 173 Å². The minimum absolute atomic E-state index is 0.0132. The zero-order valence-electron chi connectivity index (χ0n) is 35.1. The van der Waals surface area contributed by atoms with E-state index < -0.39 is 83.1 Å². The summed E-state index contributed by atoms with van der Waals surface area (Å²) in [5.74, 6) is -13.0. The number of cyclic esters (lactones) is 4. The molecular formula is C52H50N2O9. The molecule has 2 saturated heterocycles. The molecule has 2 aliphatic heterocycles. The van der Waals surface area contributed by atoms with Crippen molar-refractivity contribution in [1.29, 1.82) is 0 Å². The zero-order chi connectivity index (χ0) is 44.5. The fourth-order valence-electron chi connectivity index (χ4n) is 9.18. The standard InChI is InChI=1S/C52H50N2O9/c1-32(37-12-6-3-7-13-37)28-43(47(55)54-31-36-22-20-34(21-23-36)18-19-35-24-26-53-27-25-35)45(48(56)57)41(38-14-8-4-9-15-38)30-44-46(52(61)63-51(44)60)42(39-16-10-5-11-17-39)29-40-33(2)49(58)62-50(40)59/h3-27,32-33,40-46H,28-31H2,1-2H3,(H,54,55)(H,56,57)/b19-18+. The lowest BCUT2D eigenvalue weighted by atomic mass is 9.66. The Balaban J connectivity index is 1.22. The van der Waals surface area contributed by atoms with E-state index in [-0.39, 0.29) is 31.7 Å². The van der Waals surface area contributed by atoms with Crippen molar-refractivity contribution in [3.8, 4) is 0 Å². The smallest absolute Gasteiger partial charge is 0.318 e. The Morgan fingerprint density at radius 2 is 1.21 bits per heavy atom. The monoisotopic (exact) mass is 846 g/mol. The second kappa shape index (κ2) is 20.2. The number of hydrogen-bond acceptors (Lipinski definition) is 9. The molecule has 0 radical (unpaired) electrons. The van der Waals surface area contributed by atoms with Gasteiger partial charge in [0.25, 0.3) is 0 Å². The molecule has 0 aliphatic carbocycles. The summed E-state index contributed by atoms with van der Waals surface area (Å²) < 4.78 is 10.3. The molecule has 0 bridgehead atoms. The number of carboxylic acid groups (broad SMARTS) is 1. The molecule has 4 aromatic carbocycles. The molecule has 9 atom stereocenters. The number of aliphatic carboxylic acids is 1. The van der Waals surface area contributed by atoms with Crippen LogP contribution in [0.2, 0.25) is 0 Å². The average Bonchev–Trinajstić information content (AvgIpc) is 3.72. The second-order valence-electron chi connectivity index (χ2n) is 16.6. The lowest BCUT2D eigenvalue weighted by molar-refractivity contribution is -0.156. The van der Waals surface area contributed by atoms with Gasteiger partial charge < -0.3 is 19.9 Å². The molecule has 2 aliphatic rings. The van der Waals surface area contributed by atoms with E-state index >= 15 is 0 Å². The largest absolute Gasteiger partial charge is 0.481 e. The summed E-state index contributed by atoms with van der Waals surface area (Å²) in [6, 6.07) is 38.9. The molecule has 2 N–H and O–H groups in total. The van der Waals surface area contributed by atoms with Gasteiger partial charge in [-0.25, -0.2) is 0 Å². The predicted octanol–water partition coefficient (Wildman–Crippen LogP) is 8.38. The highest BCUT2D eigenvalue weighted by Gasteiger charge is 2.54. The molecule has 11 heteroatoms. The van der Waals surface area contributed by atoms with E-state index in [1.54, 1.807) is 80.0 Å². The fourth-order valence-corrected chi connectivity index (χ4v) is 9.18. The van der Waals surface area contributed by atoms with Crippen LogP contribution in [0.1, 0.15) is 84.2 Å². The second-order valence-corrected chi connectivity index (χ2v) is 16.6. The Bertz CT molecular complexity index is 2420. The van der Waals surface area contributed by atoms with E-state index in [4.69, 9.17) is 9.47 Å². The minimum atomic E-state index is -1.36. The van der Waals surface area contributed by atoms with Crippen LogP contribution in [-0.2, 0) is 44.8 Å². The molecule has 3 heterocycles. The predicted molar refractivity (Wildman–Crippen MR) is 235 cm³/mol. The van der Waals surface area contributed by atoms with Crippen LogP contribution in [0.5, 0.6) is 0 Å². The highest BCUT2D eigenvalue weighted by Crippen LogP contribution is 2.48. The van der Waals surface area contributed by atoms with Gasteiger partial charge in [0, 0.05) is 18.9 Å². The van der Waals surface area contributed by atoms with E-state index in [1.807, 2.05) is 85.8 Å². The number of esters is 4. The number of ether oxygens (including phenoxy) is 2. The number of carbonyl (C=O) groups excluding carboxylic acids is 5. The quantitative estimate of drug-likeness (QED) is 0.0646. The Kier molecular flexibility index (Phi) is 14.2. The molecular weight excluding hydrogens is 797 g/mol. The van der Waals surface area contributed by atoms with Crippen molar-refractivity contribution in [3.63, 3.8) is 0 Å². The van der Waals surface area contributed by atoms with E-state index in [2.05, 4.69) is 10.3 Å². The third-order valence-electron chi connectivity index (χ3n) is 12.7. The first-order valence-corrected chi connectivity index (χ1v) is 21.3. The number of aromatic nitrogens is 1. The lowest BCUT2D eigenvalue weighted by Gasteiger charge is -2.34. The highest BCUT2D eigenvalue weighted by molar-refractivity contribution is 5.98. The topological polar surface area (TPSA) is 166 Å². The van der Waals surface area contributed by atoms with Gasteiger partial charge in [0.1, 0.15) is 0 Å². The van der Waals surface area contributed by atoms with E-state index in [0.717, 1.165) is 22.3 Å². The van der Waals surface area contributed by atoms with Gasteiger partial charge >= 0.3 is 29.8 Å². The first kappa shape index (κ1) is 44.1. The molecule has 7 rings (SSSR count). The summed E-state index contributed by atoms with van der Waals surface area (Å²) in [6.45, 7) is 3.69. The number of nitrogens with zero attached hydrogens (tertiary/aromatic N) is 1. The van der Waals surface area contributed by atoms with Crippen LogP contribution in [0.25, 0.3) is 12.2 Å². The molecule has 322 valence electrons. The van der Waals surface area contributed by atoms with Gasteiger partial charge in [-0.3, -0.25) is 33.8 Å². The van der Waals surface area contributed by atoms with Gasteiger partial charge in [0.05, 0.1) is 35.5 Å². The van der Waals surface area contributed by atoms with Gasteiger partial charge in [0.2, 0.25) is 5.91 Å². The molecule has 63 heavy (non-hydrogen) atoms. The van der Waals surface area contributed by atoms with Crippen molar-refractivity contribution in [1.82, 2.24) is 10.3 Å². The fraction of sp³-hybridized carbons (Fsp3) is 0.288. The normalized spacial score (nSPS) is 21.0. The Labute approximate surface area is 366 Å². The van der Waals surface area contributed by atoms with Crippen LogP contribution >= 0.6 is 0 Å². The summed E-state index contributed by atoms with van der Waals surface area (Å²) in [6.07, 6.45) is 7.42. The van der Waals surface area contributed by atoms with Gasteiger partial charge in [-0.15, -0.1) is 0 Å². The Morgan fingerprint density at radius 1 is 0.667 bits per heavy atom. The van der Waals surface area contributed by atoms with E-state index in [1.165, 1.54) is 0 Å². The molecule has 0 saturated carbocycles. The van der Waals surface area contributed by atoms with Crippen LogP contribution in [0.4, 0.5) is 0 Å². The summed E-state index contributed by atoms with van der Waals surface area (Å²) in [4.78, 5) is 85.9. The number of nitrogens with one attached hydrogen (secondary N) is 1. The minimum Gasteiger partial charge on any atom is -0.481 e. The maximum atomic E-state index is 14.7. The van der Waals surface area contributed by atoms with Crippen LogP contribution < -0.4 is 5.32 Å². The third-order valence-corrected chi connectivity index (χ3v) is 12.7. The molecule has 9 unspecified atom stereocenters. The zero-order valence-corrected chi connectivity index (χ0v) is 35.1. The first-order chi connectivity index (χ1) is 30.5. The van der Waals surface area contributed by atoms with Crippen LogP contribution in [0.3, 0.4) is 0 Å². The first-order valence-electron chi connectivity index (χ1n) is 21.3. The molecule has 0 spiro atoms. The van der Waals surface area contributed by atoms with Gasteiger partial charge in [-0.2, -0.15) is 0 Å². The van der Waals surface area contributed by atoms with Crippen LogP contribution in [0, 0.1) is 35.5 Å². The number of amides is 1. The number of benzene rings is 4. The van der Waals surface area contributed by atoms with Crippen molar-refractivity contribution in [2.75, 3.05) is 0 Å². The summed E-state index contributed by atoms with van der Waals surface area (Å²) >= 11 is 0. The van der Waals surface area contributed by atoms with Crippen LogP contribution in [0.15, 0.2) is 140 Å². The Morgan fingerprint density at radius 3 is 1.78 bits per heavy atom. The van der Waals surface area contributed by atoms with Crippen molar-refractivity contribution >= 4 is 47.9 Å². The summed E-state index contributed by atoms with van der Waals surface area (Å²) in [5.41, 5.74) is 4.93. The number of pyridine rings is 1. The molecule has 2 fully saturated rings. The van der Waals surface area contributed by atoms with Crippen molar-refractivity contribution in [2.24, 2.45) is 35.5 Å². The number of hydrogen-bond donors (Lipinski definition) is 2. The summed E-state index contributed by atoms with van der Waals surface area (Å²) in [5, 5.41) is 14.4. The number of rotatable bonds is 18. The molecule has 5 aromatic rings. The van der Waals surface area contributed by atoms with Crippen molar-refractivity contribution in [2.45, 2.75) is 57.4 Å². The Hall–Kier alpha value is -7.01. The summed E-state index contributed by atoms with van der Waals surface area (Å²) in [7, 11) is 0. The lowest BCUT2D eigenvalue weighted by Crippen LogP contribution is -2.42. The van der Waals surface area contributed by atoms with E-state index in [0.29, 0.717) is 11.1 Å². The average molecular weight is 847 g/mol. The highest BCUT2D eigenvalue weighted by atomic mass is 16.6. The number of carbonyl (C=O) groups is 6.